The van der Waals surface area contributed by atoms with Gasteiger partial charge in [-0.2, -0.15) is 0 Å². The molecule has 3 atom stereocenters. The molecular formula is C21H34N4O2S. The highest BCUT2D eigenvalue weighted by molar-refractivity contribution is 7.88. The van der Waals surface area contributed by atoms with Gasteiger partial charge in [0.05, 0.1) is 6.26 Å². The zero-order chi connectivity index (χ0) is 20.1. The Kier molecular flexibility index (Phi) is 6.99. The Morgan fingerprint density at radius 3 is 2.54 bits per heavy atom. The lowest BCUT2D eigenvalue weighted by Gasteiger charge is -2.39. The fourth-order valence-corrected chi connectivity index (χ4v) is 5.34. The van der Waals surface area contributed by atoms with Crippen LogP contribution in [0.25, 0.3) is 0 Å². The summed E-state index contributed by atoms with van der Waals surface area (Å²) in [6.45, 7) is 9.14. The van der Waals surface area contributed by atoms with Crippen molar-refractivity contribution in [1.29, 1.82) is 0 Å². The Balaban J connectivity index is 1.61. The summed E-state index contributed by atoms with van der Waals surface area (Å²) in [6.07, 6.45) is 3.31. The van der Waals surface area contributed by atoms with Crippen molar-refractivity contribution in [2.24, 2.45) is 16.8 Å². The number of rotatable bonds is 5. The molecule has 2 aliphatic heterocycles. The SMILES string of the molecule is CCNC(=NCC1CCN(S(C)(=O)=O)C1)N1CCC(c2ccccc2)C(C)C1. The van der Waals surface area contributed by atoms with Crippen LogP contribution in [0.1, 0.15) is 38.2 Å². The molecule has 2 aliphatic rings. The average molecular weight is 407 g/mol. The third-order valence-corrected chi connectivity index (χ3v) is 7.25. The van der Waals surface area contributed by atoms with Gasteiger partial charge in [-0.05, 0) is 43.1 Å². The lowest BCUT2D eigenvalue weighted by Crippen LogP contribution is -2.48. The van der Waals surface area contributed by atoms with E-state index in [0.29, 0.717) is 37.4 Å². The Labute approximate surface area is 170 Å². The first-order valence-electron chi connectivity index (χ1n) is 10.4. The van der Waals surface area contributed by atoms with Crippen molar-refractivity contribution in [2.75, 3.05) is 45.5 Å². The molecule has 0 bridgehead atoms. The summed E-state index contributed by atoms with van der Waals surface area (Å²) >= 11 is 0. The van der Waals surface area contributed by atoms with Crippen LogP contribution in [-0.2, 0) is 10.0 Å². The van der Waals surface area contributed by atoms with Crippen molar-refractivity contribution in [2.45, 2.75) is 32.6 Å². The van der Waals surface area contributed by atoms with E-state index in [-0.39, 0.29) is 0 Å². The standard InChI is InChI=1S/C21H34N4O2S/c1-4-22-21(23-14-18-10-13-25(16-18)28(3,26)27)24-12-11-20(17(2)15-24)19-8-6-5-7-9-19/h5-9,17-18,20H,4,10-16H2,1-3H3,(H,22,23). The second-order valence-corrected chi connectivity index (χ2v) is 10.2. The first-order valence-corrected chi connectivity index (χ1v) is 12.3. The number of piperidine rings is 1. The van der Waals surface area contributed by atoms with Crippen LogP contribution in [0.5, 0.6) is 0 Å². The number of benzene rings is 1. The maximum atomic E-state index is 11.7. The lowest BCUT2D eigenvalue weighted by molar-refractivity contribution is 0.234. The lowest BCUT2D eigenvalue weighted by atomic mass is 9.82. The molecule has 0 spiro atoms. The highest BCUT2D eigenvalue weighted by Gasteiger charge is 2.30. The largest absolute Gasteiger partial charge is 0.357 e. The number of likely N-dealkylation sites (tertiary alicyclic amines) is 1. The van der Waals surface area contributed by atoms with E-state index in [1.54, 1.807) is 4.31 Å². The van der Waals surface area contributed by atoms with E-state index in [0.717, 1.165) is 38.4 Å². The molecule has 156 valence electrons. The zero-order valence-corrected chi connectivity index (χ0v) is 18.2. The molecular weight excluding hydrogens is 372 g/mol. The fraction of sp³-hybridized carbons (Fsp3) is 0.667. The summed E-state index contributed by atoms with van der Waals surface area (Å²) < 4.78 is 25.0. The highest BCUT2D eigenvalue weighted by atomic mass is 32.2. The number of aliphatic imine (C=N–C) groups is 1. The van der Waals surface area contributed by atoms with Gasteiger partial charge in [-0.1, -0.05) is 37.3 Å². The van der Waals surface area contributed by atoms with Gasteiger partial charge in [0.1, 0.15) is 0 Å². The number of nitrogens with one attached hydrogen (secondary N) is 1. The molecule has 1 N–H and O–H groups in total. The Bertz CT molecular complexity index is 766. The number of hydrogen-bond acceptors (Lipinski definition) is 3. The van der Waals surface area contributed by atoms with E-state index in [1.165, 1.54) is 11.8 Å². The Hall–Kier alpha value is -1.60. The van der Waals surface area contributed by atoms with Crippen LogP contribution in [0.4, 0.5) is 0 Å². The molecule has 0 aliphatic carbocycles. The maximum absolute atomic E-state index is 11.7. The van der Waals surface area contributed by atoms with Crippen molar-refractivity contribution in [1.82, 2.24) is 14.5 Å². The predicted octanol–water partition coefficient (Wildman–Crippen LogP) is 2.36. The molecule has 0 amide bonds. The molecule has 1 aromatic rings. The van der Waals surface area contributed by atoms with Crippen LogP contribution in [0.2, 0.25) is 0 Å². The maximum Gasteiger partial charge on any atom is 0.211 e. The summed E-state index contributed by atoms with van der Waals surface area (Å²) in [6, 6.07) is 10.8. The quantitative estimate of drug-likeness (QED) is 0.602. The van der Waals surface area contributed by atoms with E-state index in [4.69, 9.17) is 4.99 Å². The first-order chi connectivity index (χ1) is 13.4. The molecule has 3 unspecified atom stereocenters. The molecule has 0 aromatic heterocycles. The molecule has 1 aromatic carbocycles. The first kappa shape index (κ1) is 21.1. The van der Waals surface area contributed by atoms with Crippen LogP contribution in [0, 0.1) is 11.8 Å². The van der Waals surface area contributed by atoms with Gasteiger partial charge in [-0.15, -0.1) is 0 Å². The summed E-state index contributed by atoms with van der Waals surface area (Å²) in [7, 11) is -3.09. The number of guanidine groups is 1. The van der Waals surface area contributed by atoms with Gasteiger partial charge in [-0.25, -0.2) is 12.7 Å². The van der Waals surface area contributed by atoms with E-state index >= 15 is 0 Å². The van der Waals surface area contributed by atoms with E-state index < -0.39 is 10.0 Å². The monoisotopic (exact) mass is 406 g/mol. The molecule has 2 fully saturated rings. The second kappa shape index (κ2) is 9.27. The van der Waals surface area contributed by atoms with Crippen LogP contribution in [0.3, 0.4) is 0 Å². The molecule has 2 heterocycles. The van der Waals surface area contributed by atoms with Crippen LogP contribution >= 0.6 is 0 Å². The van der Waals surface area contributed by atoms with E-state index in [1.807, 2.05) is 0 Å². The summed E-state index contributed by atoms with van der Waals surface area (Å²) in [5, 5.41) is 3.44. The van der Waals surface area contributed by atoms with Gasteiger partial charge in [0.25, 0.3) is 0 Å². The average Bonchev–Trinajstić information content (AvgIpc) is 3.15. The number of sulfonamides is 1. The molecule has 6 nitrogen and oxygen atoms in total. The van der Waals surface area contributed by atoms with Gasteiger partial charge >= 0.3 is 0 Å². The van der Waals surface area contributed by atoms with Gasteiger partial charge in [0.15, 0.2) is 5.96 Å². The Morgan fingerprint density at radius 1 is 1.18 bits per heavy atom. The van der Waals surface area contributed by atoms with Gasteiger partial charge in [0.2, 0.25) is 10.0 Å². The third kappa shape index (κ3) is 5.26. The normalized spacial score (nSPS) is 27.2. The fourth-order valence-electron chi connectivity index (χ4n) is 4.42. The minimum Gasteiger partial charge on any atom is -0.357 e. The van der Waals surface area contributed by atoms with Crippen molar-refractivity contribution >= 4 is 16.0 Å². The van der Waals surface area contributed by atoms with Gasteiger partial charge in [0, 0.05) is 39.3 Å². The molecule has 2 saturated heterocycles. The molecule has 7 heteroatoms. The highest BCUT2D eigenvalue weighted by Crippen LogP contribution is 2.32. The van der Waals surface area contributed by atoms with Gasteiger partial charge < -0.3 is 10.2 Å². The molecule has 28 heavy (non-hydrogen) atoms. The van der Waals surface area contributed by atoms with Crippen LogP contribution < -0.4 is 5.32 Å². The number of nitrogens with zero attached hydrogens (tertiary/aromatic N) is 3. The van der Waals surface area contributed by atoms with Crippen molar-refractivity contribution in [3.8, 4) is 0 Å². The van der Waals surface area contributed by atoms with Crippen molar-refractivity contribution < 1.29 is 8.42 Å². The zero-order valence-electron chi connectivity index (χ0n) is 17.3. The summed E-state index contributed by atoms with van der Waals surface area (Å²) in [4.78, 5) is 7.25. The minimum absolute atomic E-state index is 0.308. The summed E-state index contributed by atoms with van der Waals surface area (Å²) in [5.41, 5.74) is 1.43. The predicted molar refractivity (Wildman–Crippen MR) is 115 cm³/mol. The summed E-state index contributed by atoms with van der Waals surface area (Å²) in [5.74, 6) is 2.44. The Morgan fingerprint density at radius 2 is 1.93 bits per heavy atom. The van der Waals surface area contributed by atoms with Crippen molar-refractivity contribution in [3.63, 3.8) is 0 Å². The van der Waals surface area contributed by atoms with E-state index in [2.05, 4.69) is 54.4 Å². The third-order valence-electron chi connectivity index (χ3n) is 5.98. The number of hydrogen-bond donors (Lipinski definition) is 1. The van der Waals surface area contributed by atoms with E-state index in [9.17, 15) is 8.42 Å². The van der Waals surface area contributed by atoms with Gasteiger partial charge in [-0.3, -0.25) is 4.99 Å². The molecule has 0 saturated carbocycles. The van der Waals surface area contributed by atoms with Crippen LogP contribution in [0.15, 0.2) is 35.3 Å². The smallest absolute Gasteiger partial charge is 0.211 e. The topological polar surface area (TPSA) is 65.0 Å². The molecule has 3 rings (SSSR count). The second-order valence-electron chi connectivity index (χ2n) is 8.20. The molecule has 0 radical (unpaired) electrons. The minimum atomic E-state index is -3.09. The van der Waals surface area contributed by atoms with Crippen molar-refractivity contribution in [3.05, 3.63) is 35.9 Å². The van der Waals surface area contributed by atoms with Crippen LogP contribution in [-0.4, -0.2) is 69.1 Å².